The van der Waals surface area contributed by atoms with Gasteiger partial charge in [0.2, 0.25) is 0 Å². The number of hydrogen-bond donors (Lipinski definition) is 1. The first kappa shape index (κ1) is 21.5. The number of benzene rings is 1. The summed E-state index contributed by atoms with van der Waals surface area (Å²) in [5.41, 5.74) is 11.8. The number of fused-ring (bicyclic) bond motifs is 1. The minimum atomic E-state index is 0.693. The van der Waals surface area contributed by atoms with E-state index in [0.717, 1.165) is 44.3 Å². The van der Waals surface area contributed by atoms with Crippen molar-refractivity contribution in [2.45, 2.75) is 27.2 Å². The van der Waals surface area contributed by atoms with E-state index in [1.807, 2.05) is 32.1 Å². The van der Waals surface area contributed by atoms with E-state index in [9.17, 15) is 0 Å². The third-order valence-electron chi connectivity index (χ3n) is 4.74. The lowest BCUT2D eigenvalue weighted by atomic mass is 10.1. The van der Waals surface area contributed by atoms with Crippen LogP contribution in [0.15, 0.2) is 72.4 Å². The second-order valence-corrected chi connectivity index (χ2v) is 7.91. The number of aryl methyl sites for hydroxylation is 1. The van der Waals surface area contributed by atoms with Crippen molar-refractivity contribution in [1.82, 2.24) is 4.98 Å². The van der Waals surface area contributed by atoms with Gasteiger partial charge in [-0.15, -0.1) is 17.9 Å². The molecule has 0 atom stereocenters. The van der Waals surface area contributed by atoms with Crippen molar-refractivity contribution in [3.05, 3.63) is 83.5 Å². The first-order chi connectivity index (χ1) is 14.6. The summed E-state index contributed by atoms with van der Waals surface area (Å²) in [4.78, 5) is 13.2. The van der Waals surface area contributed by atoms with Crippen LogP contribution in [0.5, 0.6) is 0 Å². The highest BCUT2D eigenvalue weighted by molar-refractivity contribution is 7.20. The van der Waals surface area contributed by atoms with Crippen LogP contribution in [0.3, 0.4) is 0 Å². The van der Waals surface area contributed by atoms with E-state index in [0.29, 0.717) is 6.54 Å². The molecule has 2 heterocycles. The molecule has 2 aromatic heterocycles. The van der Waals surface area contributed by atoms with Crippen molar-refractivity contribution in [1.29, 1.82) is 0 Å². The normalized spacial score (nSPS) is 12.3. The molecule has 3 rings (SSSR count). The first-order valence-electron chi connectivity index (χ1n) is 10.0. The number of anilines is 2. The first-order valence-corrected chi connectivity index (χ1v) is 10.8. The lowest BCUT2D eigenvalue weighted by Gasteiger charge is -2.26. The fourth-order valence-corrected chi connectivity index (χ4v) is 4.53. The number of aromatic nitrogens is 1. The van der Waals surface area contributed by atoms with Gasteiger partial charge in [-0.2, -0.15) is 0 Å². The van der Waals surface area contributed by atoms with Gasteiger partial charge >= 0.3 is 0 Å². The Hall–Kier alpha value is -3.18. The molecule has 5 heteroatoms. The second kappa shape index (κ2) is 10.0. The summed E-state index contributed by atoms with van der Waals surface area (Å²) < 4.78 is 0. The number of hydrogen-bond acceptors (Lipinski definition) is 5. The van der Waals surface area contributed by atoms with Gasteiger partial charge in [-0.1, -0.05) is 30.4 Å². The van der Waals surface area contributed by atoms with E-state index in [4.69, 9.17) is 10.7 Å². The van der Waals surface area contributed by atoms with Crippen LogP contribution in [0, 0.1) is 6.92 Å². The van der Waals surface area contributed by atoms with Crippen LogP contribution in [0.4, 0.5) is 11.4 Å². The van der Waals surface area contributed by atoms with Crippen LogP contribution in [0.1, 0.15) is 30.0 Å². The van der Waals surface area contributed by atoms with Crippen molar-refractivity contribution < 1.29 is 0 Å². The average molecular weight is 417 g/mol. The van der Waals surface area contributed by atoms with Gasteiger partial charge in [-0.25, -0.2) is 4.98 Å². The maximum Gasteiger partial charge on any atom is 0.126 e. The van der Waals surface area contributed by atoms with Gasteiger partial charge in [0.05, 0.1) is 16.3 Å². The molecule has 1 aromatic carbocycles. The van der Waals surface area contributed by atoms with Gasteiger partial charge in [-0.05, 0) is 50.6 Å². The van der Waals surface area contributed by atoms with Crippen molar-refractivity contribution in [3.63, 3.8) is 0 Å². The average Bonchev–Trinajstić information content (AvgIpc) is 3.07. The molecule has 3 aromatic rings. The molecule has 154 valence electrons. The summed E-state index contributed by atoms with van der Waals surface area (Å²) in [6.07, 6.45) is 10.3. The van der Waals surface area contributed by atoms with Crippen molar-refractivity contribution in [2.75, 3.05) is 17.2 Å². The molecular weight excluding hydrogens is 388 g/mol. The summed E-state index contributed by atoms with van der Waals surface area (Å²) >= 11 is 1.63. The van der Waals surface area contributed by atoms with Gasteiger partial charge in [0.25, 0.3) is 0 Å². The number of pyridine rings is 1. The van der Waals surface area contributed by atoms with Gasteiger partial charge in [0, 0.05) is 42.1 Å². The second-order valence-electron chi connectivity index (χ2n) is 6.91. The van der Waals surface area contributed by atoms with Crippen LogP contribution in [0.2, 0.25) is 0 Å². The van der Waals surface area contributed by atoms with Crippen LogP contribution >= 0.6 is 11.3 Å². The number of nitrogen functional groups attached to an aromatic ring is 1. The quantitative estimate of drug-likeness (QED) is 0.342. The molecule has 0 saturated carbocycles. The largest absolute Gasteiger partial charge is 0.397 e. The Morgan fingerprint density at radius 2 is 2.10 bits per heavy atom. The number of rotatable bonds is 8. The van der Waals surface area contributed by atoms with Gasteiger partial charge in [0.1, 0.15) is 4.83 Å². The van der Waals surface area contributed by atoms with Crippen LogP contribution in [-0.2, 0) is 6.42 Å². The molecule has 0 aliphatic heterocycles. The molecule has 2 N–H and O–H groups in total. The zero-order chi connectivity index (χ0) is 21.5. The van der Waals surface area contributed by atoms with E-state index in [2.05, 4.69) is 59.8 Å². The third-order valence-corrected chi connectivity index (χ3v) is 5.88. The SMILES string of the molecule is C=CCN(/C(=C\C)c1sc2nc(C/C=C\N=CC)ccc2c1N)c1cccc(C)c1. The monoisotopic (exact) mass is 416 g/mol. The fourth-order valence-electron chi connectivity index (χ4n) is 3.34. The predicted octanol–water partition coefficient (Wildman–Crippen LogP) is 6.39. The number of nitrogens with zero attached hydrogens (tertiary/aromatic N) is 3. The zero-order valence-corrected chi connectivity index (χ0v) is 18.6. The van der Waals surface area contributed by atoms with E-state index in [1.54, 1.807) is 23.8 Å². The van der Waals surface area contributed by atoms with Gasteiger partial charge in [-0.3, -0.25) is 4.99 Å². The summed E-state index contributed by atoms with van der Waals surface area (Å²) in [5.74, 6) is 0. The molecule has 0 amide bonds. The minimum absolute atomic E-state index is 0.693. The zero-order valence-electron chi connectivity index (χ0n) is 17.8. The summed E-state index contributed by atoms with van der Waals surface area (Å²) in [5, 5.41) is 0.997. The van der Waals surface area contributed by atoms with Crippen molar-refractivity contribution in [3.8, 4) is 0 Å². The highest BCUT2D eigenvalue weighted by atomic mass is 32.1. The van der Waals surface area contributed by atoms with E-state index in [-0.39, 0.29) is 0 Å². The molecule has 0 aliphatic carbocycles. The maximum atomic E-state index is 6.59. The summed E-state index contributed by atoms with van der Waals surface area (Å²) in [6.45, 7) is 10.7. The Labute approximate surface area is 182 Å². The van der Waals surface area contributed by atoms with E-state index >= 15 is 0 Å². The lowest BCUT2D eigenvalue weighted by molar-refractivity contribution is 1.11. The Bertz CT molecular complexity index is 1120. The van der Waals surface area contributed by atoms with Crippen molar-refractivity contribution >= 4 is 44.8 Å². The number of thiophene rings is 1. The minimum Gasteiger partial charge on any atom is -0.397 e. The van der Waals surface area contributed by atoms with Gasteiger partial charge in [0.15, 0.2) is 0 Å². The topological polar surface area (TPSA) is 54.5 Å². The van der Waals surface area contributed by atoms with Crippen LogP contribution in [0.25, 0.3) is 15.9 Å². The molecule has 0 unspecified atom stereocenters. The van der Waals surface area contributed by atoms with Crippen LogP contribution in [-0.4, -0.2) is 17.7 Å². The molecule has 0 fully saturated rings. The summed E-state index contributed by atoms with van der Waals surface area (Å²) in [7, 11) is 0. The molecule has 0 aliphatic rings. The molecule has 0 bridgehead atoms. The van der Waals surface area contributed by atoms with Gasteiger partial charge < -0.3 is 10.6 Å². The maximum absolute atomic E-state index is 6.59. The third kappa shape index (κ3) is 4.69. The van der Waals surface area contributed by atoms with Crippen molar-refractivity contribution in [2.24, 2.45) is 4.99 Å². The van der Waals surface area contributed by atoms with Crippen LogP contribution < -0.4 is 10.6 Å². The van der Waals surface area contributed by atoms with E-state index in [1.165, 1.54) is 5.56 Å². The highest BCUT2D eigenvalue weighted by Gasteiger charge is 2.19. The number of allylic oxidation sites excluding steroid dienone is 2. The number of nitrogens with two attached hydrogens (primary N) is 1. The highest BCUT2D eigenvalue weighted by Crippen LogP contribution is 2.40. The smallest absolute Gasteiger partial charge is 0.126 e. The molecule has 4 nitrogen and oxygen atoms in total. The Balaban J connectivity index is 2.01. The Morgan fingerprint density at radius 3 is 2.80 bits per heavy atom. The molecular formula is C25H28N4S. The molecule has 0 spiro atoms. The fraction of sp³-hybridized carbons (Fsp3) is 0.200. The predicted molar refractivity (Wildman–Crippen MR) is 133 cm³/mol. The number of aliphatic imine (C=N–C) groups is 1. The Morgan fingerprint density at radius 1 is 1.27 bits per heavy atom. The lowest BCUT2D eigenvalue weighted by Crippen LogP contribution is -2.21. The molecule has 0 saturated heterocycles. The Kier molecular flexibility index (Phi) is 7.20. The molecule has 0 radical (unpaired) electrons. The molecule has 30 heavy (non-hydrogen) atoms. The van der Waals surface area contributed by atoms with E-state index < -0.39 is 0 Å². The summed E-state index contributed by atoms with van der Waals surface area (Å²) in [6, 6.07) is 12.6. The standard InChI is InChI=1S/C25H28N4S/c1-5-16-29(20-12-8-10-18(4)17-20)22(6-2)24-23(26)21-14-13-19(28-25(21)30-24)11-9-15-27-7-3/h5-10,12-15,17H,1,11,16,26H2,2-4H3/b15-9-,22-6-,27-7?.